The van der Waals surface area contributed by atoms with Crippen LogP contribution in [0.3, 0.4) is 0 Å². The average Bonchev–Trinajstić information content (AvgIpc) is 1.41. The second kappa shape index (κ2) is 8.84. The molecular weight excluding hydrogens is 95.5 g/mol. The zero-order valence-electron chi connectivity index (χ0n) is 3.85. The van der Waals surface area contributed by atoms with Crippen LogP contribution >= 0.6 is 12.4 Å². The number of rotatable bonds is 1. The van der Waals surface area contributed by atoms with Crippen molar-refractivity contribution in [2.45, 2.75) is 6.92 Å². The maximum atomic E-state index is 3.46. The van der Waals surface area contributed by atoms with Crippen molar-refractivity contribution >= 4 is 12.4 Å². The molecule has 0 atom stereocenters. The third-order valence-corrected chi connectivity index (χ3v) is 0.329. The molecule has 0 heterocycles. The molecule has 0 aliphatic carbocycles. The van der Waals surface area contributed by atoms with Crippen LogP contribution in [0.25, 0.3) is 0 Å². The van der Waals surface area contributed by atoms with Gasteiger partial charge in [-0.05, 0) is 6.92 Å². The number of hydrogen-bond donors (Lipinski definition) is 0. The highest BCUT2D eigenvalue weighted by atomic mass is 35.5. The lowest BCUT2D eigenvalue weighted by Gasteiger charge is -1.56. The average molecular weight is 105 g/mol. The standard InChI is InChI=1S/C5H8.ClH/c1-3-5-4-2;/h3-5H,1H2,2H3;1H/b5-4+;. The van der Waals surface area contributed by atoms with Gasteiger partial charge in [-0.2, -0.15) is 0 Å². The minimum atomic E-state index is 0. The van der Waals surface area contributed by atoms with E-state index in [4.69, 9.17) is 0 Å². The van der Waals surface area contributed by atoms with Crippen LogP contribution in [0.1, 0.15) is 6.92 Å². The number of halogens is 1. The topological polar surface area (TPSA) is 0 Å². The zero-order chi connectivity index (χ0) is 4.12. The highest BCUT2D eigenvalue weighted by Crippen LogP contribution is 1.64. The normalized spacial score (nSPS) is 7.50. The van der Waals surface area contributed by atoms with E-state index >= 15 is 0 Å². The molecule has 1 heteroatoms. The van der Waals surface area contributed by atoms with Gasteiger partial charge in [-0.1, -0.05) is 24.8 Å². The van der Waals surface area contributed by atoms with E-state index in [1.165, 1.54) is 0 Å². The molecule has 0 saturated heterocycles. The zero-order valence-corrected chi connectivity index (χ0v) is 4.66. The second-order valence-corrected chi connectivity index (χ2v) is 0.761. The molecule has 0 spiro atoms. The summed E-state index contributed by atoms with van der Waals surface area (Å²) in [5.41, 5.74) is 0. The second-order valence-electron chi connectivity index (χ2n) is 0.761. The molecule has 0 aromatic rings. The van der Waals surface area contributed by atoms with Crippen LogP contribution in [0, 0.1) is 0 Å². The first-order valence-electron chi connectivity index (χ1n) is 1.65. The summed E-state index contributed by atoms with van der Waals surface area (Å²) in [7, 11) is 0. The SMILES string of the molecule is C=C/C=C/C.Cl. The highest BCUT2D eigenvalue weighted by Gasteiger charge is 1.42. The first-order chi connectivity index (χ1) is 2.41. The summed E-state index contributed by atoms with van der Waals surface area (Å²) in [6, 6.07) is 0. The lowest BCUT2D eigenvalue weighted by atomic mass is 10.5. The van der Waals surface area contributed by atoms with Crippen LogP contribution in [0.2, 0.25) is 0 Å². The molecule has 0 aliphatic rings. The molecule has 6 heavy (non-hydrogen) atoms. The minimum absolute atomic E-state index is 0. The smallest absolute Gasteiger partial charge is 0.0467 e. The number of allylic oxidation sites excluding steroid dienone is 3. The van der Waals surface area contributed by atoms with Crippen molar-refractivity contribution in [1.82, 2.24) is 0 Å². The number of hydrogen-bond acceptors (Lipinski definition) is 0. The van der Waals surface area contributed by atoms with E-state index in [0.717, 1.165) is 0 Å². The van der Waals surface area contributed by atoms with Crippen molar-refractivity contribution in [3.63, 3.8) is 0 Å². The van der Waals surface area contributed by atoms with Crippen molar-refractivity contribution in [2.75, 3.05) is 0 Å². The van der Waals surface area contributed by atoms with Crippen molar-refractivity contribution in [1.29, 1.82) is 0 Å². The van der Waals surface area contributed by atoms with Crippen LogP contribution in [-0.2, 0) is 0 Å². The molecule has 0 aromatic heterocycles. The first kappa shape index (κ1) is 9.24. The van der Waals surface area contributed by atoms with Gasteiger partial charge < -0.3 is 0 Å². The fraction of sp³-hybridized carbons (Fsp3) is 0.200. The Morgan fingerprint density at radius 1 is 1.50 bits per heavy atom. The van der Waals surface area contributed by atoms with Gasteiger partial charge in [-0.25, -0.2) is 0 Å². The van der Waals surface area contributed by atoms with E-state index in [-0.39, 0.29) is 12.4 Å². The maximum Gasteiger partial charge on any atom is -0.0467 e. The van der Waals surface area contributed by atoms with Crippen LogP contribution < -0.4 is 0 Å². The van der Waals surface area contributed by atoms with E-state index in [2.05, 4.69) is 6.58 Å². The Morgan fingerprint density at radius 3 is 2.00 bits per heavy atom. The minimum Gasteiger partial charge on any atom is -0.147 e. The molecular formula is C5H9Cl. The summed E-state index contributed by atoms with van der Waals surface area (Å²) >= 11 is 0. The summed E-state index contributed by atoms with van der Waals surface area (Å²) in [5.74, 6) is 0. The van der Waals surface area contributed by atoms with E-state index in [1.54, 1.807) is 6.08 Å². The molecule has 0 aliphatic heterocycles. The van der Waals surface area contributed by atoms with Gasteiger partial charge in [0.15, 0.2) is 0 Å². The Bertz CT molecular complexity index is 45.9. The monoisotopic (exact) mass is 104 g/mol. The van der Waals surface area contributed by atoms with Crippen molar-refractivity contribution in [3.8, 4) is 0 Å². The molecule has 0 amide bonds. The maximum absolute atomic E-state index is 3.46. The van der Waals surface area contributed by atoms with Gasteiger partial charge in [-0.3, -0.25) is 0 Å². The van der Waals surface area contributed by atoms with Crippen LogP contribution in [-0.4, -0.2) is 0 Å². The Kier molecular flexibility index (Phi) is 13.6. The largest absolute Gasteiger partial charge is 0.147 e. The molecule has 0 N–H and O–H groups in total. The van der Waals surface area contributed by atoms with Gasteiger partial charge in [-0.15, -0.1) is 12.4 Å². The quantitative estimate of drug-likeness (QED) is 0.448. The molecule has 0 aromatic carbocycles. The Morgan fingerprint density at radius 2 is 2.00 bits per heavy atom. The summed E-state index contributed by atoms with van der Waals surface area (Å²) in [6.45, 7) is 5.42. The fourth-order valence-corrected chi connectivity index (χ4v) is 0.136. The lowest BCUT2D eigenvalue weighted by Crippen LogP contribution is -1.33. The van der Waals surface area contributed by atoms with Gasteiger partial charge in [0.05, 0.1) is 0 Å². The summed E-state index contributed by atoms with van der Waals surface area (Å²) < 4.78 is 0. The Hall–Kier alpha value is -0.230. The van der Waals surface area contributed by atoms with Crippen LogP contribution in [0.15, 0.2) is 24.8 Å². The van der Waals surface area contributed by atoms with Crippen molar-refractivity contribution < 1.29 is 0 Å². The third-order valence-electron chi connectivity index (χ3n) is 0.329. The Labute approximate surface area is 45.0 Å². The van der Waals surface area contributed by atoms with Gasteiger partial charge in [0.1, 0.15) is 0 Å². The summed E-state index contributed by atoms with van der Waals surface area (Å²) in [4.78, 5) is 0. The molecule has 0 unspecified atom stereocenters. The predicted octanol–water partition coefficient (Wildman–Crippen LogP) is 2.17. The molecule has 36 valence electrons. The Balaban J connectivity index is 0. The van der Waals surface area contributed by atoms with Crippen molar-refractivity contribution in [3.05, 3.63) is 24.8 Å². The van der Waals surface area contributed by atoms with Gasteiger partial charge >= 0.3 is 0 Å². The molecule has 0 rings (SSSR count). The third kappa shape index (κ3) is 9.23. The first-order valence-corrected chi connectivity index (χ1v) is 1.65. The molecule has 0 nitrogen and oxygen atoms in total. The van der Waals surface area contributed by atoms with Gasteiger partial charge in [0.2, 0.25) is 0 Å². The fourth-order valence-electron chi connectivity index (χ4n) is 0.136. The van der Waals surface area contributed by atoms with E-state index in [0.29, 0.717) is 0 Å². The predicted molar refractivity (Wildman–Crippen MR) is 32.3 cm³/mol. The van der Waals surface area contributed by atoms with Crippen molar-refractivity contribution in [2.24, 2.45) is 0 Å². The van der Waals surface area contributed by atoms with E-state index < -0.39 is 0 Å². The molecule has 0 saturated carbocycles. The lowest BCUT2D eigenvalue weighted by molar-refractivity contribution is 1.74. The van der Waals surface area contributed by atoms with Crippen LogP contribution in [0.4, 0.5) is 0 Å². The van der Waals surface area contributed by atoms with E-state index in [1.807, 2.05) is 19.1 Å². The molecule has 0 radical (unpaired) electrons. The summed E-state index contributed by atoms with van der Waals surface area (Å²) in [6.07, 6.45) is 5.58. The summed E-state index contributed by atoms with van der Waals surface area (Å²) in [5, 5.41) is 0. The molecule has 0 bridgehead atoms. The van der Waals surface area contributed by atoms with E-state index in [9.17, 15) is 0 Å². The van der Waals surface area contributed by atoms with Gasteiger partial charge in [0, 0.05) is 0 Å². The van der Waals surface area contributed by atoms with Crippen LogP contribution in [0.5, 0.6) is 0 Å². The highest BCUT2D eigenvalue weighted by molar-refractivity contribution is 5.85. The molecule has 0 fully saturated rings. The van der Waals surface area contributed by atoms with Gasteiger partial charge in [0.25, 0.3) is 0 Å².